The quantitative estimate of drug-likeness (QED) is 0.777. The largest absolute Gasteiger partial charge is 0.461 e. The highest BCUT2D eigenvalue weighted by Crippen LogP contribution is 2.49. The molecule has 1 amide bonds. The molecule has 2 aliphatic rings. The van der Waals surface area contributed by atoms with Gasteiger partial charge >= 0.3 is 5.97 Å². The second kappa shape index (κ2) is 7.77. The highest BCUT2D eigenvalue weighted by atomic mass is 16.5. The van der Waals surface area contributed by atoms with Crippen LogP contribution < -0.4 is 10.2 Å². The molecule has 1 N–H and O–H groups in total. The number of esters is 1. The molecule has 0 radical (unpaired) electrons. The van der Waals surface area contributed by atoms with Gasteiger partial charge in [-0.15, -0.1) is 0 Å². The third-order valence-corrected chi connectivity index (χ3v) is 5.65. The summed E-state index contributed by atoms with van der Waals surface area (Å²) in [5.74, 6) is 0.579. The monoisotopic (exact) mass is 395 g/mol. The topological polar surface area (TPSA) is 97.3 Å². The Morgan fingerprint density at radius 1 is 1.24 bits per heavy atom. The van der Waals surface area contributed by atoms with Crippen molar-refractivity contribution >= 4 is 23.5 Å². The van der Waals surface area contributed by atoms with Crippen LogP contribution in [0.3, 0.4) is 0 Å². The molecule has 29 heavy (non-hydrogen) atoms. The number of hydrogen-bond donors (Lipinski definition) is 1. The minimum absolute atomic E-state index is 0.0184. The van der Waals surface area contributed by atoms with Gasteiger partial charge in [-0.1, -0.05) is 6.92 Å². The molecule has 4 rings (SSSR count). The van der Waals surface area contributed by atoms with Gasteiger partial charge in [0, 0.05) is 36.8 Å². The SMILES string of the molecule is CCOC(=O)c1cc2c(cn1)N(C(C)=O)C(C1CC1)[C@H](C)C2Nc1ncccn1. The first-order valence-electron chi connectivity index (χ1n) is 10.0. The second-order valence-corrected chi connectivity index (χ2v) is 7.62. The lowest BCUT2D eigenvalue weighted by atomic mass is 9.80. The molecule has 1 aliphatic heterocycles. The van der Waals surface area contributed by atoms with Crippen LogP contribution in [0, 0.1) is 11.8 Å². The van der Waals surface area contributed by atoms with E-state index in [0.717, 1.165) is 24.1 Å². The van der Waals surface area contributed by atoms with E-state index in [1.165, 1.54) is 0 Å². The van der Waals surface area contributed by atoms with Crippen LogP contribution in [0.5, 0.6) is 0 Å². The maximum absolute atomic E-state index is 12.6. The van der Waals surface area contributed by atoms with Crippen LogP contribution in [0.2, 0.25) is 0 Å². The zero-order valence-electron chi connectivity index (χ0n) is 16.8. The molecule has 0 bridgehead atoms. The molecule has 152 valence electrons. The molecule has 1 fully saturated rings. The van der Waals surface area contributed by atoms with Crippen LogP contribution in [0.15, 0.2) is 30.7 Å². The first kappa shape index (κ1) is 19.3. The molecule has 2 aromatic heterocycles. The van der Waals surface area contributed by atoms with Gasteiger partial charge in [0.05, 0.1) is 24.5 Å². The number of aromatic nitrogens is 3. The summed E-state index contributed by atoms with van der Waals surface area (Å²) < 4.78 is 5.12. The van der Waals surface area contributed by atoms with Gasteiger partial charge in [-0.2, -0.15) is 0 Å². The van der Waals surface area contributed by atoms with E-state index in [9.17, 15) is 9.59 Å². The van der Waals surface area contributed by atoms with E-state index in [0.29, 0.717) is 11.9 Å². The summed E-state index contributed by atoms with van der Waals surface area (Å²) in [6.45, 7) is 5.75. The smallest absolute Gasteiger partial charge is 0.356 e. The molecular formula is C21H25N5O3. The predicted octanol–water partition coefficient (Wildman–Crippen LogP) is 2.98. The minimum Gasteiger partial charge on any atom is -0.461 e. The van der Waals surface area contributed by atoms with E-state index in [1.54, 1.807) is 44.6 Å². The van der Waals surface area contributed by atoms with Crippen molar-refractivity contribution in [2.24, 2.45) is 11.8 Å². The first-order chi connectivity index (χ1) is 14.0. The Bertz CT molecular complexity index is 916. The zero-order valence-corrected chi connectivity index (χ0v) is 16.8. The molecule has 0 saturated heterocycles. The Hall–Kier alpha value is -3.03. The summed E-state index contributed by atoms with van der Waals surface area (Å²) in [4.78, 5) is 39.6. The standard InChI is InChI=1S/C21H25N5O3/c1-4-29-20(28)16-10-15-17(11-24-16)26(13(3)27)19(14-6-7-14)12(2)18(15)25-21-22-8-5-9-23-21/h5,8-12,14,18-19H,4,6-7H2,1-3H3,(H,22,23,25)/t12-,18?,19?/m1/s1. The molecule has 8 nitrogen and oxygen atoms in total. The van der Waals surface area contributed by atoms with E-state index in [1.807, 2.05) is 4.90 Å². The molecule has 1 aliphatic carbocycles. The number of pyridine rings is 1. The van der Waals surface area contributed by atoms with Crippen molar-refractivity contribution in [3.05, 3.63) is 42.0 Å². The van der Waals surface area contributed by atoms with Crippen LogP contribution in [0.4, 0.5) is 11.6 Å². The van der Waals surface area contributed by atoms with Gasteiger partial charge in [-0.05, 0) is 37.8 Å². The van der Waals surface area contributed by atoms with E-state index in [2.05, 4.69) is 27.2 Å². The minimum atomic E-state index is -0.476. The summed E-state index contributed by atoms with van der Waals surface area (Å²) in [7, 11) is 0. The van der Waals surface area contributed by atoms with Gasteiger partial charge < -0.3 is 15.0 Å². The Morgan fingerprint density at radius 3 is 2.59 bits per heavy atom. The summed E-state index contributed by atoms with van der Waals surface area (Å²) in [6, 6.07) is 3.39. The molecule has 0 aromatic carbocycles. The summed E-state index contributed by atoms with van der Waals surface area (Å²) >= 11 is 0. The lowest BCUT2D eigenvalue weighted by Gasteiger charge is -2.45. The lowest BCUT2D eigenvalue weighted by molar-refractivity contribution is -0.117. The number of anilines is 2. The molecule has 8 heteroatoms. The highest BCUT2D eigenvalue weighted by Gasteiger charge is 2.48. The fraction of sp³-hybridized carbons (Fsp3) is 0.476. The molecular weight excluding hydrogens is 370 g/mol. The Morgan fingerprint density at radius 2 is 1.97 bits per heavy atom. The van der Waals surface area contributed by atoms with E-state index in [-0.39, 0.29) is 36.2 Å². The van der Waals surface area contributed by atoms with E-state index in [4.69, 9.17) is 4.74 Å². The van der Waals surface area contributed by atoms with Crippen LogP contribution >= 0.6 is 0 Å². The third kappa shape index (κ3) is 3.66. The van der Waals surface area contributed by atoms with E-state index < -0.39 is 5.97 Å². The summed E-state index contributed by atoms with van der Waals surface area (Å²) in [5.41, 5.74) is 1.79. The van der Waals surface area contributed by atoms with Gasteiger partial charge in [-0.3, -0.25) is 4.79 Å². The van der Waals surface area contributed by atoms with Gasteiger partial charge in [0.2, 0.25) is 11.9 Å². The van der Waals surface area contributed by atoms with E-state index >= 15 is 0 Å². The normalized spacial score (nSPS) is 23.3. The third-order valence-electron chi connectivity index (χ3n) is 5.65. The van der Waals surface area contributed by atoms with Crippen LogP contribution in [0.1, 0.15) is 55.7 Å². The van der Waals surface area contributed by atoms with Crippen molar-refractivity contribution in [1.82, 2.24) is 15.0 Å². The van der Waals surface area contributed by atoms with Crippen molar-refractivity contribution in [2.45, 2.75) is 45.7 Å². The average molecular weight is 395 g/mol. The van der Waals surface area contributed by atoms with Crippen molar-refractivity contribution in [3.63, 3.8) is 0 Å². The number of carbonyl (C=O) groups excluding carboxylic acids is 2. The lowest BCUT2D eigenvalue weighted by Crippen LogP contribution is -2.51. The van der Waals surface area contributed by atoms with Crippen molar-refractivity contribution in [1.29, 1.82) is 0 Å². The molecule has 2 unspecified atom stereocenters. The first-order valence-corrected chi connectivity index (χ1v) is 10.0. The predicted molar refractivity (Wildman–Crippen MR) is 107 cm³/mol. The van der Waals surface area contributed by atoms with Crippen LogP contribution in [0.25, 0.3) is 0 Å². The number of rotatable bonds is 5. The number of hydrogen-bond acceptors (Lipinski definition) is 7. The number of nitrogens with zero attached hydrogens (tertiary/aromatic N) is 4. The number of carbonyl (C=O) groups is 2. The summed E-state index contributed by atoms with van der Waals surface area (Å²) in [6.07, 6.45) is 7.19. The number of fused-ring (bicyclic) bond motifs is 1. The highest BCUT2D eigenvalue weighted by molar-refractivity contribution is 5.95. The number of ether oxygens (including phenoxy) is 1. The number of amides is 1. The Balaban J connectivity index is 1.81. The summed E-state index contributed by atoms with van der Waals surface area (Å²) in [5, 5.41) is 3.42. The van der Waals surface area contributed by atoms with Crippen molar-refractivity contribution in [3.8, 4) is 0 Å². The molecule has 0 spiro atoms. The fourth-order valence-corrected chi connectivity index (χ4v) is 4.29. The van der Waals surface area contributed by atoms with Gasteiger partial charge in [0.1, 0.15) is 5.69 Å². The van der Waals surface area contributed by atoms with Gasteiger partial charge in [0.25, 0.3) is 0 Å². The maximum atomic E-state index is 12.6. The van der Waals surface area contributed by atoms with Gasteiger partial charge in [-0.25, -0.2) is 19.7 Å². The molecule has 3 atom stereocenters. The Labute approximate surface area is 169 Å². The zero-order chi connectivity index (χ0) is 20.5. The van der Waals surface area contributed by atoms with Crippen molar-refractivity contribution in [2.75, 3.05) is 16.8 Å². The fourth-order valence-electron chi connectivity index (χ4n) is 4.29. The second-order valence-electron chi connectivity index (χ2n) is 7.62. The molecule has 1 saturated carbocycles. The van der Waals surface area contributed by atoms with Crippen LogP contribution in [-0.2, 0) is 9.53 Å². The van der Waals surface area contributed by atoms with Gasteiger partial charge in [0.15, 0.2) is 0 Å². The number of nitrogens with one attached hydrogen (secondary N) is 1. The maximum Gasteiger partial charge on any atom is 0.356 e. The van der Waals surface area contributed by atoms with Crippen molar-refractivity contribution < 1.29 is 14.3 Å². The van der Waals surface area contributed by atoms with Crippen LogP contribution in [-0.4, -0.2) is 39.5 Å². The molecule has 3 heterocycles. The molecule has 2 aromatic rings. The Kier molecular flexibility index (Phi) is 5.17. The average Bonchev–Trinajstić information content (AvgIpc) is 3.55.